The van der Waals surface area contributed by atoms with E-state index in [1.165, 1.54) is 18.2 Å². The van der Waals surface area contributed by atoms with Crippen LogP contribution in [-0.2, 0) is 25.9 Å². The van der Waals surface area contributed by atoms with Crippen molar-refractivity contribution >= 4 is 10.9 Å². The smallest absolute Gasteiger partial charge is 0.406 e. The lowest BCUT2D eigenvalue weighted by Crippen LogP contribution is -2.27. The second-order valence-electron chi connectivity index (χ2n) is 7.05. The number of rotatable bonds is 4. The van der Waals surface area contributed by atoms with Crippen molar-refractivity contribution in [3.63, 3.8) is 0 Å². The van der Waals surface area contributed by atoms with Crippen molar-refractivity contribution in [1.82, 2.24) is 14.5 Å². The van der Waals surface area contributed by atoms with Gasteiger partial charge in [-0.2, -0.15) is 0 Å². The Balaban J connectivity index is 1.73. The van der Waals surface area contributed by atoms with Gasteiger partial charge in [-0.05, 0) is 48.9 Å². The normalized spacial score (nSPS) is 15.0. The van der Waals surface area contributed by atoms with Crippen LogP contribution in [0.1, 0.15) is 16.8 Å². The fourth-order valence-electron chi connectivity index (χ4n) is 3.85. The van der Waals surface area contributed by atoms with Crippen LogP contribution in [0.2, 0.25) is 0 Å². The van der Waals surface area contributed by atoms with E-state index in [4.69, 9.17) is 0 Å². The minimum Gasteiger partial charge on any atom is -0.406 e. The van der Waals surface area contributed by atoms with Crippen LogP contribution in [-0.4, -0.2) is 34.4 Å². The average Bonchev–Trinajstić information content (AvgIpc) is 2.91. The topological polar surface area (TPSA) is 30.3 Å². The van der Waals surface area contributed by atoms with Crippen LogP contribution in [0.4, 0.5) is 17.6 Å². The molecule has 3 heterocycles. The highest BCUT2D eigenvalue weighted by Gasteiger charge is 2.31. The third-order valence-electron chi connectivity index (χ3n) is 5.04. The number of nitrogens with zero attached hydrogens (tertiary/aromatic N) is 3. The van der Waals surface area contributed by atoms with E-state index in [0.29, 0.717) is 19.5 Å². The zero-order chi connectivity index (χ0) is 19.9. The van der Waals surface area contributed by atoms with E-state index in [-0.39, 0.29) is 11.6 Å². The number of hydrogen-bond donors (Lipinski definition) is 0. The summed E-state index contributed by atoms with van der Waals surface area (Å²) in [5.74, 6) is -0.602. The van der Waals surface area contributed by atoms with Gasteiger partial charge < -0.3 is 14.2 Å². The third kappa shape index (κ3) is 3.82. The first kappa shape index (κ1) is 18.7. The minimum atomic E-state index is -4.72. The molecule has 1 aliphatic rings. The molecule has 0 N–H and O–H groups in total. The lowest BCUT2D eigenvalue weighted by molar-refractivity contribution is -0.274. The molecule has 1 aromatic carbocycles. The van der Waals surface area contributed by atoms with Gasteiger partial charge in [0.1, 0.15) is 11.6 Å². The SMILES string of the molecule is CN1CCc2c(c3cc(OC(F)(F)F)ccc3n2CCc2cncc(F)c2)C1. The summed E-state index contributed by atoms with van der Waals surface area (Å²) < 4.78 is 57.5. The molecule has 0 saturated heterocycles. The van der Waals surface area contributed by atoms with Crippen molar-refractivity contribution in [3.05, 3.63) is 59.3 Å². The molecular formula is C20H19F4N3O. The van der Waals surface area contributed by atoms with Crippen molar-refractivity contribution in [2.75, 3.05) is 13.6 Å². The summed E-state index contributed by atoms with van der Waals surface area (Å²) in [5.41, 5.74) is 3.77. The largest absolute Gasteiger partial charge is 0.573 e. The Morgan fingerprint density at radius 1 is 1.18 bits per heavy atom. The number of aryl methyl sites for hydroxylation is 2. The maximum absolute atomic E-state index is 13.4. The molecular weight excluding hydrogens is 374 g/mol. The molecule has 1 aliphatic heterocycles. The Labute approximate surface area is 159 Å². The van der Waals surface area contributed by atoms with Crippen molar-refractivity contribution in [2.45, 2.75) is 32.3 Å². The molecule has 4 nitrogen and oxygen atoms in total. The van der Waals surface area contributed by atoms with Gasteiger partial charge in [0.15, 0.2) is 0 Å². The molecule has 0 bridgehead atoms. The molecule has 0 amide bonds. The van der Waals surface area contributed by atoms with Crippen LogP contribution >= 0.6 is 0 Å². The molecule has 2 aromatic heterocycles. The molecule has 3 aromatic rings. The number of hydrogen-bond acceptors (Lipinski definition) is 3. The van der Waals surface area contributed by atoms with Crippen LogP contribution in [0.25, 0.3) is 10.9 Å². The van der Waals surface area contributed by atoms with E-state index in [1.54, 1.807) is 12.3 Å². The number of likely N-dealkylation sites (N-methyl/N-ethyl adjacent to an activating group) is 1. The first-order valence-electron chi connectivity index (χ1n) is 8.98. The summed E-state index contributed by atoms with van der Waals surface area (Å²) in [6.07, 6.45) is -0.550. The highest BCUT2D eigenvalue weighted by Crippen LogP contribution is 2.34. The van der Waals surface area contributed by atoms with E-state index in [0.717, 1.165) is 46.9 Å². The van der Waals surface area contributed by atoms with Gasteiger partial charge in [-0.1, -0.05) is 0 Å². The number of benzene rings is 1. The second kappa shape index (κ2) is 7.09. The van der Waals surface area contributed by atoms with Gasteiger partial charge in [0, 0.05) is 48.8 Å². The van der Waals surface area contributed by atoms with Crippen molar-refractivity contribution in [3.8, 4) is 5.75 Å². The lowest BCUT2D eigenvalue weighted by Gasteiger charge is -2.24. The molecule has 8 heteroatoms. The number of alkyl halides is 3. The average molecular weight is 393 g/mol. The van der Waals surface area contributed by atoms with E-state index in [1.807, 2.05) is 7.05 Å². The number of halogens is 4. The summed E-state index contributed by atoms with van der Waals surface area (Å²) in [4.78, 5) is 6.01. The number of aromatic nitrogens is 2. The van der Waals surface area contributed by atoms with Crippen LogP contribution in [0.5, 0.6) is 5.75 Å². The molecule has 0 fully saturated rings. The van der Waals surface area contributed by atoms with Crippen molar-refractivity contribution < 1.29 is 22.3 Å². The van der Waals surface area contributed by atoms with Gasteiger partial charge in [-0.15, -0.1) is 13.2 Å². The molecule has 0 aliphatic carbocycles. The zero-order valence-corrected chi connectivity index (χ0v) is 15.3. The van der Waals surface area contributed by atoms with Gasteiger partial charge in [-0.3, -0.25) is 4.98 Å². The molecule has 0 saturated carbocycles. The van der Waals surface area contributed by atoms with Gasteiger partial charge in [-0.25, -0.2) is 4.39 Å². The number of pyridine rings is 1. The number of ether oxygens (including phenoxy) is 1. The Bertz CT molecular complexity index is 1010. The molecule has 0 spiro atoms. The zero-order valence-electron chi connectivity index (χ0n) is 15.3. The number of fused-ring (bicyclic) bond motifs is 3. The van der Waals surface area contributed by atoms with Crippen LogP contribution < -0.4 is 4.74 Å². The maximum atomic E-state index is 13.4. The first-order valence-corrected chi connectivity index (χ1v) is 8.98. The van der Waals surface area contributed by atoms with E-state index in [9.17, 15) is 17.6 Å². The summed E-state index contributed by atoms with van der Waals surface area (Å²) in [7, 11) is 1.99. The van der Waals surface area contributed by atoms with Crippen LogP contribution in [0, 0.1) is 5.82 Å². The summed E-state index contributed by atoms with van der Waals surface area (Å²) >= 11 is 0. The third-order valence-corrected chi connectivity index (χ3v) is 5.04. The van der Waals surface area contributed by atoms with Crippen molar-refractivity contribution in [1.29, 1.82) is 0 Å². The van der Waals surface area contributed by atoms with Gasteiger partial charge in [0.05, 0.1) is 6.20 Å². The Kier molecular flexibility index (Phi) is 4.74. The second-order valence-corrected chi connectivity index (χ2v) is 7.05. The van der Waals surface area contributed by atoms with Gasteiger partial charge in [0.25, 0.3) is 0 Å². The molecule has 148 valence electrons. The monoisotopic (exact) mass is 393 g/mol. The quantitative estimate of drug-likeness (QED) is 0.619. The molecule has 4 rings (SSSR count). The summed E-state index contributed by atoms with van der Waals surface area (Å²) in [6, 6.07) is 5.92. The summed E-state index contributed by atoms with van der Waals surface area (Å²) in [5, 5.41) is 0.765. The fourth-order valence-corrected chi connectivity index (χ4v) is 3.85. The summed E-state index contributed by atoms with van der Waals surface area (Å²) in [6.45, 7) is 2.13. The molecule has 28 heavy (non-hydrogen) atoms. The minimum absolute atomic E-state index is 0.220. The highest BCUT2D eigenvalue weighted by atomic mass is 19.4. The maximum Gasteiger partial charge on any atom is 0.573 e. The van der Waals surface area contributed by atoms with Crippen molar-refractivity contribution in [2.24, 2.45) is 0 Å². The Morgan fingerprint density at radius 2 is 2.00 bits per heavy atom. The lowest BCUT2D eigenvalue weighted by atomic mass is 10.0. The van der Waals surface area contributed by atoms with Gasteiger partial charge in [0.2, 0.25) is 0 Å². The van der Waals surface area contributed by atoms with E-state index < -0.39 is 6.36 Å². The molecule has 0 atom stereocenters. The first-order chi connectivity index (χ1) is 13.3. The fraction of sp³-hybridized carbons (Fsp3) is 0.350. The predicted molar refractivity (Wildman–Crippen MR) is 96.6 cm³/mol. The van der Waals surface area contributed by atoms with E-state index in [2.05, 4.69) is 19.2 Å². The van der Waals surface area contributed by atoms with Gasteiger partial charge >= 0.3 is 6.36 Å². The Morgan fingerprint density at radius 3 is 2.75 bits per heavy atom. The standard InChI is InChI=1S/C20H19F4N3O/c1-26-6-5-19-17(12-26)16-9-15(28-20(22,23)24)2-3-18(16)27(19)7-4-13-8-14(21)11-25-10-13/h2-3,8-11H,4-7,12H2,1H3. The molecule has 0 radical (unpaired) electrons. The van der Waals surface area contributed by atoms with Crippen LogP contribution in [0.15, 0.2) is 36.7 Å². The predicted octanol–water partition coefficient (Wildman–Crippen LogP) is 4.30. The van der Waals surface area contributed by atoms with Crippen LogP contribution in [0.3, 0.4) is 0 Å². The molecule has 0 unspecified atom stereocenters. The Hall–Kier alpha value is -2.61. The van der Waals surface area contributed by atoms with E-state index >= 15 is 0 Å². The highest BCUT2D eigenvalue weighted by molar-refractivity contribution is 5.87.